The van der Waals surface area contributed by atoms with Gasteiger partial charge in [-0.25, -0.2) is 4.98 Å². The van der Waals surface area contributed by atoms with Crippen LogP contribution < -0.4 is 20.9 Å². The Morgan fingerprint density at radius 1 is 1.21 bits per heavy atom. The lowest BCUT2D eigenvalue weighted by molar-refractivity contribution is 0.0901. The molecule has 1 aliphatic rings. The molecular formula is C29H34N6O3S. The number of aliphatic hydroxyl groups excluding tert-OH is 1. The predicted octanol–water partition coefficient (Wildman–Crippen LogP) is 4.34. The molecule has 1 aliphatic heterocycles. The Bertz CT molecular complexity index is 1500. The maximum absolute atomic E-state index is 13.5. The summed E-state index contributed by atoms with van der Waals surface area (Å²) < 4.78 is 1.67. The summed E-state index contributed by atoms with van der Waals surface area (Å²) in [7, 11) is 2.04. The Morgan fingerprint density at radius 2 is 2.03 bits per heavy atom. The van der Waals surface area contributed by atoms with E-state index in [1.807, 2.05) is 49.9 Å². The Labute approximate surface area is 231 Å². The molecule has 0 saturated heterocycles. The van der Waals surface area contributed by atoms with Crippen LogP contribution in [0.4, 0.5) is 11.4 Å². The first-order chi connectivity index (χ1) is 18.8. The van der Waals surface area contributed by atoms with E-state index in [0.29, 0.717) is 41.5 Å². The first-order valence-corrected chi connectivity index (χ1v) is 14.1. The third-order valence-corrected chi connectivity index (χ3v) is 7.74. The number of aliphatic hydroxyl groups is 1. The van der Waals surface area contributed by atoms with Gasteiger partial charge in [0.15, 0.2) is 5.65 Å². The summed E-state index contributed by atoms with van der Waals surface area (Å²) in [5.41, 5.74) is 5.57. The highest BCUT2D eigenvalue weighted by Gasteiger charge is 2.26. The van der Waals surface area contributed by atoms with E-state index in [0.717, 1.165) is 22.5 Å². The monoisotopic (exact) mass is 546 g/mol. The van der Waals surface area contributed by atoms with Gasteiger partial charge in [-0.3, -0.25) is 14.0 Å². The second kappa shape index (κ2) is 11.1. The second-order valence-corrected chi connectivity index (χ2v) is 11.2. The van der Waals surface area contributed by atoms with Gasteiger partial charge in [0.25, 0.3) is 11.8 Å². The Morgan fingerprint density at radius 3 is 2.74 bits per heavy atom. The van der Waals surface area contributed by atoms with Crippen molar-refractivity contribution in [2.75, 3.05) is 23.9 Å². The molecule has 10 heteroatoms. The Balaban J connectivity index is 1.44. The highest BCUT2D eigenvalue weighted by atomic mass is 32.1. The summed E-state index contributed by atoms with van der Waals surface area (Å²) in [5, 5.41) is 23.1. The third-order valence-electron chi connectivity index (χ3n) is 7.06. The van der Waals surface area contributed by atoms with Crippen LogP contribution in [0.2, 0.25) is 0 Å². The van der Waals surface area contributed by atoms with Crippen LogP contribution in [0, 0.1) is 5.92 Å². The van der Waals surface area contributed by atoms with E-state index in [-0.39, 0.29) is 30.6 Å². The number of hydrogen-bond donors (Lipinski definition) is 4. The summed E-state index contributed by atoms with van der Waals surface area (Å²) in [6.07, 6.45) is 2.60. The van der Waals surface area contributed by atoms with Crippen molar-refractivity contribution >= 4 is 40.2 Å². The summed E-state index contributed by atoms with van der Waals surface area (Å²) >= 11 is 1.51. The minimum Gasteiger partial charge on any atom is -0.394 e. The highest BCUT2D eigenvalue weighted by Crippen LogP contribution is 2.34. The van der Waals surface area contributed by atoms with E-state index in [4.69, 9.17) is 4.98 Å². The van der Waals surface area contributed by atoms with E-state index in [1.165, 1.54) is 11.3 Å². The molecule has 0 aliphatic carbocycles. The van der Waals surface area contributed by atoms with Crippen molar-refractivity contribution in [2.24, 2.45) is 5.92 Å². The van der Waals surface area contributed by atoms with Gasteiger partial charge in [-0.05, 0) is 60.5 Å². The largest absolute Gasteiger partial charge is 0.394 e. The number of fused-ring (bicyclic) bond motifs is 2. The molecule has 0 radical (unpaired) electrons. The number of carbonyl (C=O) groups excluding carboxylic acids is 2. The summed E-state index contributed by atoms with van der Waals surface area (Å²) in [6.45, 7) is 6.38. The number of benzene rings is 1. The molecular weight excluding hydrogens is 512 g/mol. The van der Waals surface area contributed by atoms with Gasteiger partial charge in [-0.2, -0.15) is 11.3 Å². The summed E-state index contributed by atoms with van der Waals surface area (Å²) in [6, 6.07) is 11.1. The quantitative estimate of drug-likeness (QED) is 0.249. The number of pyridine rings is 1. The fourth-order valence-electron chi connectivity index (χ4n) is 4.97. The molecule has 4 heterocycles. The number of carbonyl (C=O) groups is 2. The van der Waals surface area contributed by atoms with E-state index < -0.39 is 0 Å². The van der Waals surface area contributed by atoms with E-state index >= 15 is 0 Å². The Kier molecular flexibility index (Phi) is 7.58. The molecule has 4 N–H and O–H groups in total. The number of nitrogens with zero attached hydrogens (tertiary/aromatic N) is 3. The van der Waals surface area contributed by atoms with Gasteiger partial charge in [0.05, 0.1) is 35.8 Å². The maximum atomic E-state index is 13.5. The topological polar surface area (TPSA) is 111 Å². The van der Waals surface area contributed by atoms with Gasteiger partial charge >= 0.3 is 0 Å². The average molecular weight is 547 g/mol. The smallest absolute Gasteiger partial charge is 0.270 e. The minimum absolute atomic E-state index is 0.157. The number of amides is 2. The highest BCUT2D eigenvalue weighted by molar-refractivity contribution is 7.08. The van der Waals surface area contributed by atoms with Gasteiger partial charge in [0, 0.05) is 30.7 Å². The standard InChI is InChI=1S/C29H34N6O3S/c1-17(2)12-21(15-36)32-29(38)26-25(20-9-11-39-16-20)33-27-22(6-5-10-35(26)27)28(37)30-14-19-7-8-23-24(13-19)34(4)18(3)31-23/h5-11,13,16-18,21,31,36H,12,14-15H2,1-4H3,(H,30,37)(H,32,38)/t18?,21-/m0/s1. The van der Waals surface area contributed by atoms with Gasteiger partial charge in [-0.15, -0.1) is 0 Å². The van der Waals surface area contributed by atoms with Crippen LogP contribution in [0.15, 0.2) is 53.4 Å². The number of thiophene rings is 1. The first kappa shape index (κ1) is 26.7. The van der Waals surface area contributed by atoms with E-state index in [9.17, 15) is 14.7 Å². The second-order valence-electron chi connectivity index (χ2n) is 10.4. The van der Waals surface area contributed by atoms with Gasteiger partial charge in [-0.1, -0.05) is 19.9 Å². The molecule has 39 heavy (non-hydrogen) atoms. The fraction of sp³-hybridized carbons (Fsp3) is 0.345. The molecule has 9 nitrogen and oxygen atoms in total. The molecule has 3 aromatic heterocycles. The zero-order valence-electron chi connectivity index (χ0n) is 22.6. The zero-order chi connectivity index (χ0) is 27.7. The number of aromatic nitrogens is 2. The van der Waals surface area contributed by atoms with Gasteiger partial charge in [0.2, 0.25) is 0 Å². The molecule has 2 atom stereocenters. The van der Waals surface area contributed by atoms with Crippen LogP contribution in [-0.4, -0.2) is 52.2 Å². The summed E-state index contributed by atoms with van der Waals surface area (Å²) in [5.74, 6) is -0.309. The number of nitrogens with one attached hydrogen (secondary N) is 3. The molecule has 0 spiro atoms. The van der Waals surface area contributed by atoms with Crippen molar-refractivity contribution in [3.05, 3.63) is 70.2 Å². The van der Waals surface area contributed by atoms with Crippen molar-refractivity contribution in [3.8, 4) is 11.3 Å². The molecule has 1 aromatic carbocycles. The van der Waals surface area contributed by atoms with Gasteiger partial charge < -0.3 is 26.0 Å². The zero-order valence-corrected chi connectivity index (χ0v) is 23.4. The van der Waals surface area contributed by atoms with Crippen LogP contribution in [-0.2, 0) is 6.54 Å². The van der Waals surface area contributed by atoms with Crippen molar-refractivity contribution in [3.63, 3.8) is 0 Å². The van der Waals surface area contributed by atoms with Crippen molar-refractivity contribution < 1.29 is 14.7 Å². The normalized spacial score (nSPS) is 15.3. The number of hydrogen-bond acceptors (Lipinski definition) is 7. The van der Waals surface area contributed by atoms with E-state index in [2.05, 4.69) is 33.8 Å². The summed E-state index contributed by atoms with van der Waals surface area (Å²) in [4.78, 5) is 33.9. The first-order valence-electron chi connectivity index (χ1n) is 13.1. The third kappa shape index (κ3) is 5.35. The molecule has 4 aromatic rings. The lowest BCUT2D eigenvalue weighted by Crippen LogP contribution is -2.39. The lowest BCUT2D eigenvalue weighted by atomic mass is 10.0. The molecule has 2 amide bonds. The number of anilines is 2. The van der Waals surface area contributed by atoms with Crippen LogP contribution in [0.1, 0.15) is 53.6 Å². The maximum Gasteiger partial charge on any atom is 0.270 e. The molecule has 0 saturated carbocycles. The van der Waals surface area contributed by atoms with Crippen molar-refractivity contribution in [1.82, 2.24) is 20.0 Å². The van der Waals surface area contributed by atoms with Crippen molar-refractivity contribution in [2.45, 2.75) is 45.9 Å². The lowest BCUT2D eigenvalue weighted by Gasteiger charge is -2.18. The predicted molar refractivity (Wildman–Crippen MR) is 155 cm³/mol. The molecule has 0 bridgehead atoms. The number of imidazole rings is 1. The number of rotatable bonds is 9. The van der Waals surface area contributed by atoms with Crippen LogP contribution >= 0.6 is 11.3 Å². The molecule has 0 fully saturated rings. The molecule has 1 unspecified atom stereocenters. The van der Waals surface area contributed by atoms with Crippen molar-refractivity contribution in [1.29, 1.82) is 0 Å². The van der Waals surface area contributed by atoms with Gasteiger partial charge in [0.1, 0.15) is 11.4 Å². The van der Waals surface area contributed by atoms with E-state index in [1.54, 1.807) is 22.7 Å². The van der Waals surface area contributed by atoms with Crippen LogP contribution in [0.3, 0.4) is 0 Å². The molecule has 5 rings (SSSR count). The Hall–Kier alpha value is -3.89. The minimum atomic E-state index is -0.380. The van der Waals surface area contributed by atoms with Crippen LogP contribution in [0.25, 0.3) is 16.9 Å². The SMILES string of the molecule is CC(C)C[C@@H](CO)NC(=O)c1c(-c2ccsc2)nc2c(C(=O)NCc3ccc4c(c3)N(C)C(C)N4)cccn12. The fourth-order valence-corrected chi connectivity index (χ4v) is 5.61. The molecule has 204 valence electrons. The average Bonchev–Trinajstić information content (AvgIpc) is 3.64. The van der Waals surface area contributed by atoms with Crippen LogP contribution in [0.5, 0.6) is 0 Å².